The molecule has 0 aliphatic heterocycles. The predicted molar refractivity (Wildman–Crippen MR) is 133 cm³/mol. The van der Waals surface area contributed by atoms with Gasteiger partial charge < -0.3 is 19.6 Å². The fourth-order valence-electron chi connectivity index (χ4n) is 3.54. The zero-order valence-electron chi connectivity index (χ0n) is 18.9. The number of urea groups is 1. The lowest BCUT2D eigenvalue weighted by Gasteiger charge is -2.14. The number of nitrogens with one attached hydrogen (secondary N) is 2. The van der Waals surface area contributed by atoms with Crippen LogP contribution >= 0.6 is 0 Å². The van der Waals surface area contributed by atoms with Gasteiger partial charge in [0.25, 0.3) is 0 Å². The topological polar surface area (TPSA) is 111 Å². The first-order valence-corrected chi connectivity index (χ1v) is 12.0. The molecular weight excluding hydrogens is 468 g/mol. The molecule has 178 valence electrons. The second-order valence-electron chi connectivity index (χ2n) is 7.67. The second-order valence-corrected chi connectivity index (χ2v) is 9.18. The van der Waals surface area contributed by atoms with Crippen LogP contribution in [0.15, 0.2) is 89.8 Å². The number of anilines is 2. The Morgan fingerprint density at radius 1 is 0.800 bits per heavy atom. The highest BCUT2D eigenvalue weighted by molar-refractivity contribution is 7.87. The minimum Gasteiger partial charge on any atom is -0.465 e. The van der Waals surface area contributed by atoms with Crippen molar-refractivity contribution in [1.29, 1.82) is 0 Å². The summed E-state index contributed by atoms with van der Waals surface area (Å²) in [6, 6.07) is 22.5. The fraction of sp³-hybridized carbons (Fsp3) is 0.0769. The Hall–Kier alpha value is -4.37. The van der Waals surface area contributed by atoms with Gasteiger partial charge in [-0.2, -0.15) is 8.42 Å². The smallest absolute Gasteiger partial charge is 0.341 e. The Kier molecular flexibility index (Phi) is 6.70. The molecular formula is C26H22N2O6S. The SMILES string of the molecule is COC(=O)c1cc(NC(=O)Nc2cccc(C)c2)ccc1OS(=O)(=O)c1cccc2ccccc12. The van der Waals surface area contributed by atoms with Gasteiger partial charge in [-0.3, -0.25) is 0 Å². The van der Waals surface area contributed by atoms with Gasteiger partial charge in [0.1, 0.15) is 10.5 Å². The molecule has 0 heterocycles. The Balaban J connectivity index is 1.61. The molecule has 0 spiro atoms. The number of carbonyl (C=O) groups is 2. The van der Waals surface area contributed by atoms with Gasteiger partial charge in [-0.25, -0.2) is 9.59 Å². The van der Waals surface area contributed by atoms with Crippen LogP contribution in [0.3, 0.4) is 0 Å². The number of methoxy groups -OCH3 is 1. The summed E-state index contributed by atoms with van der Waals surface area (Å²) in [6.07, 6.45) is 0. The second kappa shape index (κ2) is 9.86. The summed E-state index contributed by atoms with van der Waals surface area (Å²) in [5, 5.41) is 6.52. The first-order chi connectivity index (χ1) is 16.8. The van der Waals surface area contributed by atoms with E-state index in [0.717, 1.165) is 18.1 Å². The molecule has 9 heteroatoms. The summed E-state index contributed by atoms with van der Waals surface area (Å²) < 4.78 is 36.4. The maximum absolute atomic E-state index is 13.1. The lowest BCUT2D eigenvalue weighted by Crippen LogP contribution is -2.20. The van der Waals surface area contributed by atoms with Gasteiger partial charge in [-0.1, -0.05) is 48.5 Å². The minimum atomic E-state index is -4.29. The molecule has 0 bridgehead atoms. The summed E-state index contributed by atoms with van der Waals surface area (Å²) >= 11 is 0. The fourth-order valence-corrected chi connectivity index (χ4v) is 4.71. The zero-order chi connectivity index (χ0) is 25.0. The molecule has 0 aliphatic carbocycles. The summed E-state index contributed by atoms with van der Waals surface area (Å²) in [6.45, 7) is 1.90. The van der Waals surface area contributed by atoms with Crippen molar-refractivity contribution in [2.24, 2.45) is 0 Å². The van der Waals surface area contributed by atoms with E-state index >= 15 is 0 Å². The highest BCUT2D eigenvalue weighted by Crippen LogP contribution is 2.30. The van der Waals surface area contributed by atoms with Crippen LogP contribution in [0.4, 0.5) is 16.2 Å². The van der Waals surface area contributed by atoms with Crippen LogP contribution in [0.1, 0.15) is 15.9 Å². The molecule has 0 aromatic heterocycles. The van der Waals surface area contributed by atoms with Gasteiger partial charge in [0.15, 0.2) is 5.75 Å². The Bertz CT molecular complexity index is 1530. The van der Waals surface area contributed by atoms with Gasteiger partial charge in [0, 0.05) is 16.8 Å². The maximum atomic E-state index is 13.1. The van der Waals surface area contributed by atoms with E-state index in [2.05, 4.69) is 10.6 Å². The van der Waals surface area contributed by atoms with Crippen LogP contribution in [-0.4, -0.2) is 27.5 Å². The number of hydrogen-bond donors (Lipinski definition) is 2. The Morgan fingerprint density at radius 2 is 1.49 bits per heavy atom. The van der Waals surface area contributed by atoms with E-state index in [1.165, 1.54) is 24.3 Å². The summed E-state index contributed by atoms with van der Waals surface area (Å²) in [7, 11) is -3.13. The van der Waals surface area contributed by atoms with Crippen molar-refractivity contribution in [3.05, 3.63) is 96.1 Å². The van der Waals surface area contributed by atoms with E-state index in [0.29, 0.717) is 11.1 Å². The number of amides is 2. The van der Waals surface area contributed by atoms with Gasteiger partial charge in [0.05, 0.1) is 7.11 Å². The van der Waals surface area contributed by atoms with Crippen molar-refractivity contribution < 1.29 is 26.9 Å². The Labute approximate surface area is 202 Å². The van der Waals surface area contributed by atoms with E-state index < -0.39 is 22.1 Å². The summed E-state index contributed by atoms with van der Waals surface area (Å²) in [5.41, 5.74) is 1.65. The summed E-state index contributed by atoms with van der Waals surface area (Å²) in [5.74, 6) is -1.05. The minimum absolute atomic E-state index is 0.0360. The molecule has 0 saturated heterocycles. The van der Waals surface area contributed by atoms with Crippen molar-refractivity contribution in [1.82, 2.24) is 0 Å². The number of rotatable bonds is 6. The van der Waals surface area contributed by atoms with Crippen molar-refractivity contribution in [2.45, 2.75) is 11.8 Å². The van der Waals surface area contributed by atoms with Gasteiger partial charge >= 0.3 is 22.1 Å². The van der Waals surface area contributed by atoms with Crippen LogP contribution in [-0.2, 0) is 14.9 Å². The molecule has 0 fully saturated rings. The van der Waals surface area contributed by atoms with Gasteiger partial charge in [-0.15, -0.1) is 0 Å². The lowest BCUT2D eigenvalue weighted by atomic mass is 10.1. The van der Waals surface area contributed by atoms with E-state index in [-0.39, 0.29) is 21.9 Å². The number of carbonyl (C=O) groups excluding carboxylic acids is 2. The van der Waals surface area contributed by atoms with E-state index in [9.17, 15) is 18.0 Å². The summed E-state index contributed by atoms with van der Waals surface area (Å²) in [4.78, 5) is 24.8. The molecule has 4 rings (SSSR count). The van der Waals surface area contributed by atoms with Crippen LogP contribution in [0.25, 0.3) is 10.8 Å². The van der Waals surface area contributed by atoms with Gasteiger partial charge in [0.2, 0.25) is 0 Å². The van der Waals surface area contributed by atoms with E-state index in [1.54, 1.807) is 48.5 Å². The third-order valence-electron chi connectivity index (χ3n) is 5.14. The zero-order valence-corrected chi connectivity index (χ0v) is 19.8. The van der Waals surface area contributed by atoms with Crippen LogP contribution in [0.5, 0.6) is 5.75 Å². The molecule has 0 atom stereocenters. The average Bonchev–Trinajstić information content (AvgIpc) is 2.84. The number of fused-ring (bicyclic) bond motifs is 1. The number of aryl methyl sites for hydroxylation is 1. The molecule has 2 amide bonds. The number of hydrogen-bond acceptors (Lipinski definition) is 6. The average molecular weight is 491 g/mol. The number of esters is 1. The largest absolute Gasteiger partial charge is 0.465 e. The molecule has 0 saturated carbocycles. The predicted octanol–water partition coefficient (Wildman–Crippen LogP) is 5.35. The van der Waals surface area contributed by atoms with Crippen LogP contribution in [0, 0.1) is 6.92 Å². The van der Waals surface area contributed by atoms with Crippen molar-refractivity contribution in [2.75, 3.05) is 17.7 Å². The Morgan fingerprint density at radius 3 is 2.23 bits per heavy atom. The third kappa shape index (κ3) is 5.42. The standard InChI is InChI=1S/C26H22N2O6S/c1-17-7-5-10-19(15-17)27-26(30)28-20-13-14-23(22(16-20)25(29)33-2)34-35(31,32)24-12-6-9-18-8-3-4-11-21(18)24/h3-16H,1-2H3,(H2,27,28,30). The molecule has 4 aromatic carbocycles. The molecule has 2 N–H and O–H groups in total. The molecule has 0 aliphatic rings. The first-order valence-electron chi connectivity index (χ1n) is 10.6. The van der Waals surface area contributed by atoms with Gasteiger partial charge in [-0.05, 0) is 54.3 Å². The van der Waals surface area contributed by atoms with Crippen molar-refractivity contribution in [3.8, 4) is 5.75 Å². The normalized spacial score (nSPS) is 11.0. The molecule has 8 nitrogen and oxygen atoms in total. The van der Waals surface area contributed by atoms with Crippen molar-refractivity contribution in [3.63, 3.8) is 0 Å². The van der Waals surface area contributed by atoms with Crippen molar-refractivity contribution >= 4 is 44.3 Å². The van der Waals surface area contributed by atoms with Crippen LogP contribution < -0.4 is 14.8 Å². The third-order valence-corrected chi connectivity index (χ3v) is 6.43. The molecule has 4 aromatic rings. The number of benzene rings is 4. The quantitative estimate of drug-likeness (QED) is 0.279. The first kappa shape index (κ1) is 23.8. The van der Waals surface area contributed by atoms with Crippen LogP contribution in [0.2, 0.25) is 0 Å². The maximum Gasteiger partial charge on any atom is 0.341 e. The van der Waals surface area contributed by atoms with E-state index in [1.807, 2.05) is 19.1 Å². The number of ether oxygens (including phenoxy) is 1. The molecule has 35 heavy (non-hydrogen) atoms. The highest BCUT2D eigenvalue weighted by Gasteiger charge is 2.24. The molecule has 0 unspecified atom stereocenters. The lowest BCUT2D eigenvalue weighted by molar-refractivity contribution is 0.0599. The monoisotopic (exact) mass is 490 g/mol. The van der Waals surface area contributed by atoms with E-state index in [4.69, 9.17) is 8.92 Å². The highest BCUT2D eigenvalue weighted by atomic mass is 32.2. The molecule has 0 radical (unpaired) electrons.